The molecule has 112 valence electrons. The minimum atomic E-state index is -0.426. The van der Waals surface area contributed by atoms with Gasteiger partial charge in [-0.2, -0.15) is 0 Å². The Labute approximate surface area is 129 Å². The van der Waals surface area contributed by atoms with Crippen LogP contribution in [-0.4, -0.2) is 11.7 Å². The molecule has 1 unspecified atom stereocenters. The van der Waals surface area contributed by atoms with Gasteiger partial charge < -0.3 is 9.57 Å². The summed E-state index contributed by atoms with van der Waals surface area (Å²) in [6.07, 6.45) is 0.430. The quantitative estimate of drug-likeness (QED) is 0.625. The first kappa shape index (κ1) is 14.3. The minimum Gasteiger partial charge on any atom is -0.485 e. The van der Waals surface area contributed by atoms with E-state index in [1.54, 1.807) is 0 Å². The highest BCUT2D eigenvalue weighted by atomic mass is 16.7. The Bertz CT molecular complexity index is 722. The van der Waals surface area contributed by atoms with Crippen LogP contribution >= 0.6 is 0 Å². The molecule has 0 amide bonds. The van der Waals surface area contributed by atoms with Crippen LogP contribution in [0.4, 0.5) is 0 Å². The summed E-state index contributed by atoms with van der Waals surface area (Å²) < 4.78 is 6.09. The van der Waals surface area contributed by atoms with Crippen molar-refractivity contribution < 1.29 is 14.4 Å². The molecule has 1 aliphatic rings. The third kappa shape index (κ3) is 3.01. The van der Waals surface area contributed by atoms with Crippen LogP contribution < -0.4 is 4.74 Å². The average molecular weight is 295 g/mol. The van der Waals surface area contributed by atoms with Crippen molar-refractivity contribution >= 4 is 11.7 Å². The maximum absolute atomic E-state index is 11.1. The number of hydrogen-bond donors (Lipinski definition) is 0. The number of carbonyl (C=O) groups excluding carboxylic acids is 1. The molecule has 22 heavy (non-hydrogen) atoms. The lowest BCUT2D eigenvalue weighted by Gasteiger charge is -2.27. The molecule has 1 heterocycles. The lowest BCUT2D eigenvalue weighted by Crippen LogP contribution is -2.21. The van der Waals surface area contributed by atoms with Gasteiger partial charge in [0.05, 0.1) is 5.71 Å². The van der Waals surface area contributed by atoms with Crippen molar-refractivity contribution in [2.45, 2.75) is 26.4 Å². The summed E-state index contributed by atoms with van der Waals surface area (Å²) in [5.41, 5.74) is 3.79. The highest BCUT2D eigenvalue weighted by Crippen LogP contribution is 2.35. The summed E-state index contributed by atoms with van der Waals surface area (Å²) in [5.74, 6) is 0.334. The first-order valence-electron chi connectivity index (χ1n) is 7.20. The number of hydrogen-bond acceptors (Lipinski definition) is 4. The molecule has 3 rings (SSSR count). The van der Waals surface area contributed by atoms with Crippen LogP contribution in [0.15, 0.2) is 53.7 Å². The predicted octanol–water partition coefficient (Wildman–Crippen LogP) is 3.79. The number of rotatable bonds is 2. The standard InChI is InChI=1S/C18H17NO3/c1-12-8-9-17-15(10-12)16(19-22-13(2)20)11-18(21-17)14-6-4-3-5-7-14/h3-10,18H,11H2,1-2H3/b19-16+. The molecule has 1 atom stereocenters. The van der Waals surface area contributed by atoms with Crippen LogP contribution in [-0.2, 0) is 9.63 Å². The highest BCUT2D eigenvalue weighted by Gasteiger charge is 2.27. The smallest absolute Gasteiger partial charge is 0.331 e. The Hall–Kier alpha value is -2.62. The van der Waals surface area contributed by atoms with E-state index in [9.17, 15) is 4.79 Å². The van der Waals surface area contributed by atoms with E-state index in [4.69, 9.17) is 9.57 Å². The Balaban J connectivity index is 1.99. The van der Waals surface area contributed by atoms with E-state index in [2.05, 4.69) is 5.16 Å². The van der Waals surface area contributed by atoms with Gasteiger partial charge in [0.2, 0.25) is 0 Å². The Morgan fingerprint density at radius 3 is 2.73 bits per heavy atom. The van der Waals surface area contributed by atoms with Crippen molar-refractivity contribution in [3.8, 4) is 5.75 Å². The Morgan fingerprint density at radius 2 is 2.00 bits per heavy atom. The normalized spacial score (nSPS) is 18.5. The van der Waals surface area contributed by atoms with Crippen LogP contribution in [0.2, 0.25) is 0 Å². The van der Waals surface area contributed by atoms with Crippen molar-refractivity contribution in [2.75, 3.05) is 0 Å². The summed E-state index contributed by atoms with van der Waals surface area (Å²) in [6.45, 7) is 3.35. The molecule has 2 aromatic rings. The van der Waals surface area contributed by atoms with Gasteiger partial charge >= 0.3 is 5.97 Å². The second kappa shape index (κ2) is 6.02. The van der Waals surface area contributed by atoms with Crippen LogP contribution in [0.5, 0.6) is 5.75 Å². The van der Waals surface area contributed by atoms with Crippen molar-refractivity contribution in [1.82, 2.24) is 0 Å². The van der Waals surface area contributed by atoms with E-state index < -0.39 is 5.97 Å². The molecule has 0 N–H and O–H groups in total. The minimum absolute atomic E-state index is 0.134. The van der Waals surface area contributed by atoms with Crippen molar-refractivity contribution in [3.05, 3.63) is 65.2 Å². The third-order valence-electron chi connectivity index (χ3n) is 3.55. The van der Waals surface area contributed by atoms with Crippen molar-refractivity contribution in [2.24, 2.45) is 5.16 Å². The summed E-state index contributed by atoms with van der Waals surface area (Å²) in [5, 5.41) is 4.03. The van der Waals surface area contributed by atoms with Crippen LogP contribution in [0, 0.1) is 6.92 Å². The fourth-order valence-corrected chi connectivity index (χ4v) is 2.51. The number of oxime groups is 1. The molecular weight excluding hydrogens is 278 g/mol. The Kier molecular flexibility index (Phi) is 3.92. The average Bonchev–Trinajstić information content (AvgIpc) is 2.53. The molecule has 0 fully saturated rings. The number of benzene rings is 2. The van der Waals surface area contributed by atoms with E-state index in [-0.39, 0.29) is 6.10 Å². The molecule has 0 saturated heterocycles. The molecule has 0 bridgehead atoms. The maximum Gasteiger partial charge on any atom is 0.331 e. The third-order valence-corrected chi connectivity index (χ3v) is 3.55. The van der Waals surface area contributed by atoms with E-state index in [1.165, 1.54) is 6.92 Å². The molecule has 4 nitrogen and oxygen atoms in total. The molecule has 0 aromatic heterocycles. The largest absolute Gasteiger partial charge is 0.485 e. The fraction of sp³-hybridized carbons (Fsp3) is 0.222. The number of carbonyl (C=O) groups is 1. The molecule has 0 radical (unpaired) electrons. The maximum atomic E-state index is 11.1. The van der Waals surface area contributed by atoms with Crippen molar-refractivity contribution in [3.63, 3.8) is 0 Å². The van der Waals surface area contributed by atoms with Gasteiger partial charge in [-0.25, -0.2) is 4.79 Å². The second-order valence-electron chi connectivity index (χ2n) is 5.34. The molecule has 0 aliphatic carbocycles. The molecular formula is C18H17NO3. The van der Waals surface area contributed by atoms with Gasteiger partial charge in [-0.3, -0.25) is 0 Å². The van der Waals surface area contributed by atoms with E-state index in [0.717, 1.165) is 28.2 Å². The van der Waals surface area contributed by atoms with E-state index in [1.807, 2.05) is 55.5 Å². The van der Waals surface area contributed by atoms with E-state index in [0.29, 0.717) is 6.42 Å². The summed E-state index contributed by atoms with van der Waals surface area (Å²) in [7, 11) is 0. The van der Waals surface area contributed by atoms with Gasteiger partial charge in [-0.05, 0) is 24.6 Å². The zero-order valence-corrected chi connectivity index (χ0v) is 12.6. The van der Waals surface area contributed by atoms with E-state index >= 15 is 0 Å². The topological polar surface area (TPSA) is 47.9 Å². The fourth-order valence-electron chi connectivity index (χ4n) is 2.51. The number of aryl methyl sites for hydroxylation is 1. The SMILES string of the molecule is CC(=O)O/N=C1\CC(c2ccccc2)Oc2ccc(C)cc21. The van der Waals surface area contributed by atoms with Gasteiger partial charge in [-0.1, -0.05) is 47.1 Å². The van der Waals surface area contributed by atoms with Crippen molar-refractivity contribution in [1.29, 1.82) is 0 Å². The summed E-state index contributed by atoms with van der Waals surface area (Å²) in [6, 6.07) is 15.9. The molecule has 0 saturated carbocycles. The number of ether oxygens (including phenoxy) is 1. The molecule has 0 spiro atoms. The number of nitrogens with zero attached hydrogens (tertiary/aromatic N) is 1. The predicted molar refractivity (Wildman–Crippen MR) is 83.9 cm³/mol. The van der Waals surface area contributed by atoms with Crippen LogP contribution in [0.3, 0.4) is 0 Å². The first-order chi connectivity index (χ1) is 10.6. The van der Waals surface area contributed by atoms with Gasteiger partial charge in [0.1, 0.15) is 11.9 Å². The molecule has 1 aliphatic heterocycles. The first-order valence-corrected chi connectivity index (χ1v) is 7.20. The lowest BCUT2D eigenvalue weighted by molar-refractivity contribution is -0.140. The van der Waals surface area contributed by atoms with Gasteiger partial charge in [-0.15, -0.1) is 0 Å². The summed E-state index contributed by atoms with van der Waals surface area (Å²) >= 11 is 0. The monoisotopic (exact) mass is 295 g/mol. The lowest BCUT2D eigenvalue weighted by atomic mass is 9.95. The zero-order chi connectivity index (χ0) is 15.5. The van der Waals surface area contributed by atoms with Crippen LogP contribution in [0.25, 0.3) is 0 Å². The molecule has 2 aromatic carbocycles. The van der Waals surface area contributed by atoms with Crippen LogP contribution in [0.1, 0.15) is 36.1 Å². The zero-order valence-electron chi connectivity index (χ0n) is 12.6. The highest BCUT2D eigenvalue weighted by molar-refractivity contribution is 6.04. The van der Waals surface area contributed by atoms with Gasteiger partial charge in [0.25, 0.3) is 0 Å². The molecule has 4 heteroatoms. The second-order valence-corrected chi connectivity index (χ2v) is 5.34. The van der Waals surface area contributed by atoms with Gasteiger partial charge in [0.15, 0.2) is 0 Å². The number of fused-ring (bicyclic) bond motifs is 1. The Morgan fingerprint density at radius 1 is 1.23 bits per heavy atom. The summed E-state index contributed by atoms with van der Waals surface area (Å²) in [4.78, 5) is 15.9. The van der Waals surface area contributed by atoms with Gasteiger partial charge in [0, 0.05) is 18.9 Å².